The fourth-order valence-electron chi connectivity index (χ4n) is 4.19. The molecule has 0 aliphatic carbocycles. The molecule has 12 heteroatoms. The molecule has 0 atom stereocenters. The van der Waals surface area contributed by atoms with Crippen LogP contribution in [0.5, 0.6) is 0 Å². The quantitative estimate of drug-likeness (QED) is 0.665. The zero-order valence-electron chi connectivity index (χ0n) is 19.4. The second-order valence-electron chi connectivity index (χ2n) is 8.21. The number of nitrogens with one attached hydrogen (secondary N) is 2. The first kappa shape index (κ1) is 23.9. The van der Waals surface area contributed by atoms with E-state index in [9.17, 15) is 14.4 Å². The Labute approximate surface area is 202 Å². The number of rotatable bonds is 4. The van der Waals surface area contributed by atoms with Crippen molar-refractivity contribution in [3.8, 4) is 0 Å². The lowest BCUT2D eigenvalue weighted by molar-refractivity contribution is 0.0734. The number of amides is 3. The van der Waals surface area contributed by atoms with Crippen LogP contribution in [0.4, 0.5) is 16.2 Å². The summed E-state index contributed by atoms with van der Waals surface area (Å²) >= 11 is 1.12. The summed E-state index contributed by atoms with van der Waals surface area (Å²) in [5.74, 6) is -0.124. The highest BCUT2D eigenvalue weighted by molar-refractivity contribution is 7.07. The molecule has 4 rings (SSSR count). The number of ether oxygens (including phenoxy) is 1. The first-order valence-corrected chi connectivity index (χ1v) is 12.1. The number of aryl methyl sites for hydroxylation is 1. The summed E-state index contributed by atoms with van der Waals surface area (Å²) in [4.78, 5) is 44.3. The minimum Gasteiger partial charge on any atom is -0.453 e. The maximum Gasteiger partial charge on any atom is 0.411 e. The number of methoxy groups -OCH3 is 1. The Bertz CT molecular complexity index is 1050. The molecule has 34 heavy (non-hydrogen) atoms. The van der Waals surface area contributed by atoms with Crippen molar-refractivity contribution in [1.82, 2.24) is 24.7 Å². The van der Waals surface area contributed by atoms with E-state index in [1.807, 2.05) is 11.0 Å². The second kappa shape index (κ2) is 10.8. The third kappa shape index (κ3) is 5.28. The summed E-state index contributed by atoms with van der Waals surface area (Å²) < 4.78 is 8.68. The highest BCUT2D eigenvalue weighted by Gasteiger charge is 2.26. The molecule has 1 aromatic heterocycles. The predicted octanol–water partition coefficient (Wildman–Crippen LogP) is 1.42. The van der Waals surface area contributed by atoms with Gasteiger partial charge in [-0.25, -0.2) is 4.79 Å². The van der Waals surface area contributed by atoms with Gasteiger partial charge in [0.25, 0.3) is 11.8 Å². The second-order valence-corrected chi connectivity index (χ2v) is 8.97. The average Bonchev–Trinajstić information content (AvgIpc) is 3.14. The van der Waals surface area contributed by atoms with Crippen molar-refractivity contribution >= 4 is 40.8 Å². The molecular formula is C22H29N7O4S. The fraction of sp³-hybridized carbons (Fsp3) is 0.500. The van der Waals surface area contributed by atoms with E-state index in [1.54, 1.807) is 24.0 Å². The number of hydrogen-bond donors (Lipinski definition) is 2. The number of anilines is 2. The van der Waals surface area contributed by atoms with Crippen LogP contribution in [0, 0.1) is 6.92 Å². The van der Waals surface area contributed by atoms with Gasteiger partial charge in [0.05, 0.1) is 24.2 Å². The SMILES string of the molecule is COC(=O)Nc1cc(C(=O)N2CCNCC2)ccc1N1CCCN(C(=O)c2snnc2C)CC1. The molecule has 2 aliphatic rings. The molecule has 0 bridgehead atoms. The molecule has 3 amide bonds. The summed E-state index contributed by atoms with van der Waals surface area (Å²) in [6.45, 7) is 7.02. The molecule has 3 heterocycles. The van der Waals surface area contributed by atoms with Crippen molar-refractivity contribution < 1.29 is 19.1 Å². The molecule has 0 saturated carbocycles. The van der Waals surface area contributed by atoms with Crippen LogP contribution >= 0.6 is 11.5 Å². The fourth-order valence-corrected chi connectivity index (χ4v) is 4.81. The Morgan fingerprint density at radius 3 is 2.50 bits per heavy atom. The molecular weight excluding hydrogens is 458 g/mol. The molecule has 2 N–H and O–H groups in total. The molecule has 182 valence electrons. The van der Waals surface area contributed by atoms with Gasteiger partial charge in [-0.15, -0.1) is 5.10 Å². The minimum atomic E-state index is -0.604. The topological polar surface area (TPSA) is 120 Å². The lowest BCUT2D eigenvalue weighted by atomic mass is 10.1. The summed E-state index contributed by atoms with van der Waals surface area (Å²) in [5.41, 5.74) is 2.45. The van der Waals surface area contributed by atoms with Crippen LogP contribution in [0.3, 0.4) is 0 Å². The first-order chi connectivity index (χ1) is 16.5. The van der Waals surface area contributed by atoms with Crippen LogP contribution in [0.1, 0.15) is 32.1 Å². The van der Waals surface area contributed by atoms with Gasteiger partial charge in [0.2, 0.25) is 0 Å². The maximum atomic E-state index is 13.0. The zero-order chi connectivity index (χ0) is 24.1. The Hall–Kier alpha value is -3.25. The first-order valence-electron chi connectivity index (χ1n) is 11.3. The molecule has 0 radical (unpaired) electrons. The van der Waals surface area contributed by atoms with E-state index in [0.717, 1.165) is 36.7 Å². The predicted molar refractivity (Wildman–Crippen MR) is 129 cm³/mol. The van der Waals surface area contributed by atoms with E-state index in [-0.39, 0.29) is 11.8 Å². The van der Waals surface area contributed by atoms with E-state index >= 15 is 0 Å². The largest absolute Gasteiger partial charge is 0.453 e. The van der Waals surface area contributed by atoms with Gasteiger partial charge in [0.15, 0.2) is 0 Å². The standard InChI is InChI=1S/C22H29N7O4S/c1-15-19(34-26-25-15)21(31)28-9-3-8-27(12-13-28)18-5-4-16(14-17(18)24-22(32)33-2)20(30)29-10-6-23-7-11-29/h4-5,14,23H,3,6-13H2,1-2H3,(H,24,32). The van der Waals surface area contributed by atoms with E-state index in [2.05, 4.69) is 25.1 Å². The van der Waals surface area contributed by atoms with Gasteiger partial charge in [-0.05, 0) is 43.1 Å². The zero-order valence-corrected chi connectivity index (χ0v) is 20.2. The van der Waals surface area contributed by atoms with Gasteiger partial charge >= 0.3 is 6.09 Å². The molecule has 2 aromatic rings. The Morgan fingerprint density at radius 2 is 1.79 bits per heavy atom. The van der Waals surface area contributed by atoms with Crippen molar-refractivity contribution in [2.45, 2.75) is 13.3 Å². The Kier molecular flexibility index (Phi) is 7.58. The van der Waals surface area contributed by atoms with Gasteiger partial charge in [-0.3, -0.25) is 14.9 Å². The molecule has 0 spiro atoms. The molecule has 11 nitrogen and oxygen atoms in total. The lowest BCUT2D eigenvalue weighted by Gasteiger charge is -2.29. The number of aromatic nitrogens is 2. The van der Waals surface area contributed by atoms with Crippen LogP contribution in [-0.2, 0) is 4.74 Å². The normalized spacial score (nSPS) is 16.7. The van der Waals surface area contributed by atoms with Crippen LogP contribution < -0.4 is 15.5 Å². The van der Waals surface area contributed by atoms with E-state index in [1.165, 1.54) is 7.11 Å². The lowest BCUT2D eigenvalue weighted by Crippen LogP contribution is -2.46. The van der Waals surface area contributed by atoms with Gasteiger partial charge in [0, 0.05) is 57.9 Å². The number of piperazine rings is 1. The summed E-state index contributed by atoms with van der Waals surface area (Å²) in [6, 6.07) is 5.36. The monoisotopic (exact) mass is 487 g/mol. The Balaban J connectivity index is 1.53. The van der Waals surface area contributed by atoms with Crippen LogP contribution in [-0.4, -0.2) is 96.8 Å². The number of carbonyl (C=O) groups is 3. The van der Waals surface area contributed by atoms with Crippen molar-refractivity contribution in [2.75, 3.05) is 69.7 Å². The number of nitrogens with zero attached hydrogens (tertiary/aromatic N) is 5. The summed E-state index contributed by atoms with van der Waals surface area (Å²) in [6.07, 6.45) is 0.156. The summed E-state index contributed by atoms with van der Waals surface area (Å²) in [5, 5.41) is 9.94. The van der Waals surface area contributed by atoms with Crippen molar-refractivity contribution in [3.05, 3.63) is 34.3 Å². The van der Waals surface area contributed by atoms with Gasteiger partial charge < -0.3 is 24.8 Å². The van der Waals surface area contributed by atoms with E-state index in [0.29, 0.717) is 61.1 Å². The highest BCUT2D eigenvalue weighted by atomic mass is 32.1. The number of benzene rings is 1. The van der Waals surface area contributed by atoms with Crippen molar-refractivity contribution in [3.63, 3.8) is 0 Å². The molecule has 1 aromatic carbocycles. The van der Waals surface area contributed by atoms with E-state index < -0.39 is 6.09 Å². The molecule has 2 saturated heterocycles. The average molecular weight is 488 g/mol. The smallest absolute Gasteiger partial charge is 0.411 e. The van der Waals surface area contributed by atoms with Gasteiger partial charge in [-0.2, -0.15) is 0 Å². The molecule has 2 fully saturated rings. The molecule has 2 aliphatic heterocycles. The van der Waals surface area contributed by atoms with Crippen molar-refractivity contribution in [2.24, 2.45) is 0 Å². The minimum absolute atomic E-state index is 0.0563. The summed E-state index contributed by atoms with van der Waals surface area (Å²) in [7, 11) is 1.30. The van der Waals surface area contributed by atoms with Gasteiger partial charge in [-0.1, -0.05) is 4.49 Å². The van der Waals surface area contributed by atoms with E-state index in [4.69, 9.17) is 4.74 Å². The van der Waals surface area contributed by atoms with Crippen molar-refractivity contribution in [1.29, 1.82) is 0 Å². The third-order valence-electron chi connectivity index (χ3n) is 6.04. The highest BCUT2D eigenvalue weighted by Crippen LogP contribution is 2.29. The third-order valence-corrected chi connectivity index (χ3v) is 6.86. The maximum absolute atomic E-state index is 13.0. The number of hydrogen-bond acceptors (Lipinski definition) is 9. The Morgan fingerprint density at radius 1 is 1.03 bits per heavy atom. The van der Waals surface area contributed by atoms with Crippen LogP contribution in [0.2, 0.25) is 0 Å². The number of carbonyl (C=O) groups excluding carboxylic acids is 3. The van der Waals surface area contributed by atoms with Gasteiger partial charge in [0.1, 0.15) is 4.88 Å². The van der Waals surface area contributed by atoms with Crippen LogP contribution in [0.25, 0.3) is 0 Å². The molecule has 0 unspecified atom stereocenters. The van der Waals surface area contributed by atoms with Crippen LogP contribution in [0.15, 0.2) is 18.2 Å².